The van der Waals surface area contributed by atoms with Crippen LogP contribution < -0.4 is 10.6 Å². The van der Waals surface area contributed by atoms with Crippen LogP contribution in [0.3, 0.4) is 0 Å². The van der Waals surface area contributed by atoms with Crippen molar-refractivity contribution in [1.82, 2.24) is 15.8 Å². The lowest BCUT2D eigenvalue weighted by molar-refractivity contribution is 0.424. The molecule has 0 atom stereocenters. The fourth-order valence-corrected chi connectivity index (χ4v) is 1.93. The van der Waals surface area contributed by atoms with Gasteiger partial charge in [0.2, 0.25) is 0 Å². The fraction of sp³-hybridized carbons (Fsp3) is 0.412. The molecule has 5 nitrogen and oxygen atoms in total. The summed E-state index contributed by atoms with van der Waals surface area (Å²) in [6.07, 6.45) is 0. The standard InChI is InChI=1S/C17H24N4O/c1-4-18-17(19-11-13(2)3)20-12-15-10-16(22-21-15)14-8-6-5-7-9-14/h5-10,13H,4,11-12H2,1-3H3,(H2,18,19,20). The molecule has 22 heavy (non-hydrogen) atoms. The van der Waals surface area contributed by atoms with Crippen molar-refractivity contribution in [1.29, 1.82) is 0 Å². The summed E-state index contributed by atoms with van der Waals surface area (Å²) in [4.78, 5) is 4.53. The highest BCUT2D eigenvalue weighted by Gasteiger charge is 2.06. The number of benzene rings is 1. The van der Waals surface area contributed by atoms with Gasteiger partial charge in [-0.05, 0) is 12.8 Å². The number of nitrogens with zero attached hydrogens (tertiary/aromatic N) is 2. The molecule has 0 aliphatic rings. The Kier molecular flexibility index (Phi) is 6.01. The Morgan fingerprint density at radius 2 is 2.00 bits per heavy atom. The second kappa shape index (κ2) is 8.22. The molecule has 2 aromatic rings. The van der Waals surface area contributed by atoms with Crippen LogP contribution in [0, 0.1) is 5.92 Å². The first-order chi connectivity index (χ1) is 10.7. The van der Waals surface area contributed by atoms with Crippen molar-refractivity contribution in [3.8, 4) is 11.3 Å². The minimum absolute atomic E-state index is 0.490. The monoisotopic (exact) mass is 300 g/mol. The Balaban J connectivity index is 2.00. The van der Waals surface area contributed by atoms with E-state index < -0.39 is 0 Å². The van der Waals surface area contributed by atoms with E-state index in [1.807, 2.05) is 36.4 Å². The molecule has 1 aromatic heterocycles. The van der Waals surface area contributed by atoms with Gasteiger partial charge in [0, 0.05) is 24.7 Å². The lowest BCUT2D eigenvalue weighted by Crippen LogP contribution is -2.39. The third kappa shape index (κ3) is 4.91. The van der Waals surface area contributed by atoms with Crippen LogP contribution in [0.1, 0.15) is 26.5 Å². The Hall–Kier alpha value is -2.30. The van der Waals surface area contributed by atoms with Gasteiger partial charge in [-0.15, -0.1) is 0 Å². The van der Waals surface area contributed by atoms with Crippen molar-refractivity contribution in [2.24, 2.45) is 10.9 Å². The minimum Gasteiger partial charge on any atom is -0.357 e. The molecule has 1 aromatic carbocycles. The number of nitrogens with one attached hydrogen (secondary N) is 2. The van der Waals surface area contributed by atoms with E-state index in [2.05, 4.69) is 41.6 Å². The molecule has 2 rings (SSSR count). The zero-order chi connectivity index (χ0) is 15.8. The summed E-state index contributed by atoms with van der Waals surface area (Å²) >= 11 is 0. The summed E-state index contributed by atoms with van der Waals surface area (Å²) in [5.74, 6) is 2.15. The molecule has 1 heterocycles. The molecule has 0 saturated heterocycles. The Labute approximate surface area is 131 Å². The second-order valence-electron chi connectivity index (χ2n) is 5.52. The largest absolute Gasteiger partial charge is 0.357 e. The van der Waals surface area contributed by atoms with Crippen molar-refractivity contribution in [2.45, 2.75) is 27.3 Å². The molecule has 0 aliphatic carbocycles. The van der Waals surface area contributed by atoms with E-state index in [1.54, 1.807) is 0 Å². The van der Waals surface area contributed by atoms with Gasteiger partial charge in [-0.1, -0.05) is 49.3 Å². The highest BCUT2D eigenvalue weighted by atomic mass is 16.5. The molecule has 118 valence electrons. The Morgan fingerprint density at radius 1 is 1.23 bits per heavy atom. The third-order valence-electron chi connectivity index (χ3n) is 3.04. The number of hydrogen-bond donors (Lipinski definition) is 2. The maximum atomic E-state index is 5.38. The van der Waals surface area contributed by atoms with Gasteiger partial charge < -0.3 is 15.2 Å². The smallest absolute Gasteiger partial charge is 0.191 e. The molecule has 0 fully saturated rings. The Morgan fingerprint density at radius 3 is 2.68 bits per heavy atom. The molecule has 5 heteroatoms. The van der Waals surface area contributed by atoms with Crippen molar-refractivity contribution < 1.29 is 4.52 Å². The summed E-state index contributed by atoms with van der Waals surface area (Å²) < 4.78 is 5.38. The van der Waals surface area contributed by atoms with E-state index in [-0.39, 0.29) is 0 Å². The molecule has 0 amide bonds. The first-order valence-corrected chi connectivity index (χ1v) is 7.72. The van der Waals surface area contributed by atoms with Crippen molar-refractivity contribution in [2.75, 3.05) is 13.1 Å². The van der Waals surface area contributed by atoms with Gasteiger partial charge in [0.05, 0.1) is 6.54 Å². The normalized spacial score (nSPS) is 11.7. The van der Waals surface area contributed by atoms with E-state index in [9.17, 15) is 0 Å². The summed E-state index contributed by atoms with van der Waals surface area (Å²) in [5.41, 5.74) is 1.84. The number of aromatic nitrogens is 1. The van der Waals surface area contributed by atoms with Crippen molar-refractivity contribution >= 4 is 5.96 Å². The van der Waals surface area contributed by atoms with Gasteiger partial charge >= 0.3 is 0 Å². The average molecular weight is 300 g/mol. The van der Waals surface area contributed by atoms with Crippen LogP contribution in [0.25, 0.3) is 11.3 Å². The van der Waals surface area contributed by atoms with Gasteiger partial charge in [-0.2, -0.15) is 0 Å². The molecular weight excluding hydrogens is 276 g/mol. The predicted molar refractivity (Wildman–Crippen MR) is 89.6 cm³/mol. The molecule has 0 aliphatic heterocycles. The molecule has 0 bridgehead atoms. The van der Waals surface area contributed by atoms with Gasteiger partial charge in [0.15, 0.2) is 11.7 Å². The first kappa shape index (κ1) is 16.1. The van der Waals surface area contributed by atoms with Gasteiger partial charge in [0.25, 0.3) is 0 Å². The minimum atomic E-state index is 0.490. The van der Waals surface area contributed by atoms with Crippen LogP contribution in [0.15, 0.2) is 45.9 Å². The molecule has 0 saturated carbocycles. The molecule has 0 radical (unpaired) electrons. The van der Waals surface area contributed by atoms with Crippen LogP contribution in [-0.4, -0.2) is 24.2 Å². The fourth-order valence-electron chi connectivity index (χ4n) is 1.93. The van der Waals surface area contributed by atoms with Crippen LogP contribution >= 0.6 is 0 Å². The average Bonchev–Trinajstić information content (AvgIpc) is 3.00. The van der Waals surface area contributed by atoms with E-state index in [0.717, 1.165) is 36.1 Å². The molecule has 0 unspecified atom stereocenters. The van der Waals surface area contributed by atoms with E-state index in [0.29, 0.717) is 12.5 Å². The molecule has 0 spiro atoms. The molecule has 2 N–H and O–H groups in total. The number of hydrogen-bond acceptors (Lipinski definition) is 3. The van der Waals surface area contributed by atoms with Crippen molar-refractivity contribution in [3.05, 3.63) is 42.1 Å². The molecular formula is C17H24N4O. The number of guanidine groups is 1. The Bertz CT molecular complexity index is 590. The topological polar surface area (TPSA) is 62.5 Å². The quantitative estimate of drug-likeness (QED) is 0.636. The highest BCUT2D eigenvalue weighted by Crippen LogP contribution is 2.19. The van der Waals surface area contributed by atoms with E-state index >= 15 is 0 Å². The van der Waals surface area contributed by atoms with Crippen LogP contribution in [0.5, 0.6) is 0 Å². The lowest BCUT2D eigenvalue weighted by atomic mass is 10.2. The summed E-state index contributed by atoms with van der Waals surface area (Å²) in [5, 5.41) is 10.6. The van der Waals surface area contributed by atoms with E-state index in [4.69, 9.17) is 4.52 Å². The maximum absolute atomic E-state index is 5.38. The SMILES string of the molecule is CCNC(=NCc1cc(-c2ccccc2)on1)NCC(C)C. The summed E-state index contributed by atoms with van der Waals surface area (Å²) in [7, 11) is 0. The third-order valence-corrected chi connectivity index (χ3v) is 3.04. The zero-order valence-electron chi connectivity index (χ0n) is 13.5. The van der Waals surface area contributed by atoms with Crippen LogP contribution in [0.2, 0.25) is 0 Å². The highest BCUT2D eigenvalue weighted by molar-refractivity contribution is 5.79. The lowest BCUT2D eigenvalue weighted by Gasteiger charge is -2.12. The van der Waals surface area contributed by atoms with Crippen LogP contribution in [0.4, 0.5) is 0 Å². The summed E-state index contributed by atoms with van der Waals surface area (Å²) in [6, 6.07) is 11.9. The predicted octanol–water partition coefficient (Wildman–Crippen LogP) is 3.05. The number of aliphatic imine (C=N–C) groups is 1. The second-order valence-corrected chi connectivity index (χ2v) is 5.52. The van der Waals surface area contributed by atoms with Gasteiger partial charge in [-0.25, -0.2) is 4.99 Å². The van der Waals surface area contributed by atoms with Crippen molar-refractivity contribution in [3.63, 3.8) is 0 Å². The van der Waals surface area contributed by atoms with Gasteiger partial charge in [-0.3, -0.25) is 0 Å². The van der Waals surface area contributed by atoms with Gasteiger partial charge in [0.1, 0.15) is 5.69 Å². The summed E-state index contributed by atoms with van der Waals surface area (Å²) in [6.45, 7) is 8.60. The maximum Gasteiger partial charge on any atom is 0.191 e. The number of rotatable bonds is 6. The van der Waals surface area contributed by atoms with Crippen LogP contribution in [-0.2, 0) is 6.54 Å². The first-order valence-electron chi connectivity index (χ1n) is 7.72. The van der Waals surface area contributed by atoms with E-state index in [1.165, 1.54) is 0 Å². The zero-order valence-corrected chi connectivity index (χ0v) is 13.5.